The Kier molecular flexibility index (Phi) is 3.45. The topological polar surface area (TPSA) is 66.4 Å². The average molecular weight is 284 g/mol. The van der Waals surface area contributed by atoms with Gasteiger partial charge >= 0.3 is 0 Å². The molecule has 0 radical (unpaired) electrons. The van der Waals surface area contributed by atoms with Crippen LogP contribution in [0.2, 0.25) is 5.02 Å². The normalized spacial score (nSPS) is 11.2. The van der Waals surface area contributed by atoms with E-state index in [2.05, 4.69) is 4.72 Å². The van der Waals surface area contributed by atoms with Crippen LogP contribution in [-0.2, 0) is 10.0 Å². The van der Waals surface area contributed by atoms with Crippen molar-refractivity contribution in [3.63, 3.8) is 0 Å². The summed E-state index contributed by atoms with van der Waals surface area (Å²) in [6.07, 6.45) is 0. The van der Waals surface area contributed by atoms with Crippen molar-refractivity contribution in [2.75, 3.05) is 4.72 Å². The number of rotatable bonds is 3. The minimum atomic E-state index is -3.72. The molecule has 2 aromatic rings. The molecule has 0 aliphatic rings. The van der Waals surface area contributed by atoms with Crippen molar-refractivity contribution in [3.05, 3.63) is 53.6 Å². The van der Waals surface area contributed by atoms with E-state index in [4.69, 9.17) is 11.6 Å². The fraction of sp³-hybridized carbons (Fsp3) is 0. The minimum absolute atomic E-state index is 0.0475. The van der Waals surface area contributed by atoms with Gasteiger partial charge in [0.1, 0.15) is 5.75 Å². The second-order valence-electron chi connectivity index (χ2n) is 3.58. The number of phenolic OH excluding ortho intramolecular Hbond substituents is 1. The standard InChI is InChI=1S/C12H10ClNO3S/c13-9-6-7-12(15)11(8-9)14-18(16,17)10-4-2-1-3-5-10/h1-8,14-15H. The van der Waals surface area contributed by atoms with Gasteiger partial charge in [-0.1, -0.05) is 29.8 Å². The van der Waals surface area contributed by atoms with Crippen LogP contribution in [-0.4, -0.2) is 13.5 Å². The van der Waals surface area contributed by atoms with Crippen molar-refractivity contribution in [2.45, 2.75) is 4.90 Å². The lowest BCUT2D eigenvalue weighted by Gasteiger charge is -2.09. The molecule has 2 rings (SSSR count). The third-order valence-electron chi connectivity index (χ3n) is 2.26. The number of sulfonamides is 1. The summed E-state index contributed by atoms with van der Waals surface area (Å²) in [5, 5.41) is 9.89. The molecule has 2 aromatic carbocycles. The largest absolute Gasteiger partial charge is 0.506 e. The molecule has 6 heteroatoms. The van der Waals surface area contributed by atoms with Gasteiger partial charge in [0.15, 0.2) is 0 Å². The van der Waals surface area contributed by atoms with Gasteiger partial charge in [-0.15, -0.1) is 0 Å². The second-order valence-corrected chi connectivity index (χ2v) is 5.70. The monoisotopic (exact) mass is 283 g/mol. The van der Waals surface area contributed by atoms with Crippen LogP contribution in [0.15, 0.2) is 53.4 Å². The van der Waals surface area contributed by atoms with Gasteiger partial charge in [0.2, 0.25) is 0 Å². The highest BCUT2D eigenvalue weighted by Gasteiger charge is 2.15. The highest BCUT2D eigenvalue weighted by atomic mass is 35.5. The van der Waals surface area contributed by atoms with E-state index < -0.39 is 10.0 Å². The summed E-state index contributed by atoms with van der Waals surface area (Å²) < 4.78 is 26.3. The Morgan fingerprint density at radius 3 is 2.39 bits per heavy atom. The van der Waals surface area contributed by atoms with Crippen molar-refractivity contribution in [2.24, 2.45) is 0 Å². The molecule has 0 aliphatic carbocycles. The third kappa shape index (κ3) is 2.75. The molecule has 0 aliphatic heterocycles. The summed E-state index contributed by atoms with van der Waals surface area (Å²) in [6.45, 7) is 0. The number of hydrogen-bond acceptors (Lipinski definition) is 3. The quantitative estimate of drug-likeness (QED) is 0.851. The molecule has 0 spiro atoms. The zero-order valence-corrected chi connectivity index (χ0v) is 10.7. The van der Waals surface area contributed by atoms with Gasteiger partial charge in [-0.2, -0.15) is 0 Å². The summed E-state index contributed by atoms with van der Waals surface area (Å²) in [4.78, 5) is 0.115. The molecule has 0 bridgehead atoms. The van der Waals surface area contributed by atoms with Gasteiger partial charge in [0.05, 0.1) is 10.6 Å². The summed E-state index contributed by atoms with van der Waals surface area (Å²) >= 11 is 5.75. The molecular formula is C12H10ClNO3S. The van der Waals surface area contributed by atoms with Gasteiger partial charge in [0.25, 0.3) is 10.0 Å². The van der Waals surface area contributed by atoms with Crippen molar-refractivity contribution < 1.29 is 13.5 Å². The van der Waals surface area contributed by atoms with Gasteiger partial charge in [-0.3, -0.25) is 4.72 Å². The van der Waals surface area contributed by atoms with Crippen molar-refractivity contribution in [1.82, 2.24) is 0 Å². The molecule has 0 aromatic heterocycles. The molecule has 0 atom stereocenters. The predicted octanol–water partition coefficient (Wildman–Crippen LogP) is 2.85. The van der Waals surface area contributed by atoms with Gasteiger partial charge in [0, 0.05) is 5.02 Å². The molecular weight excluding hydrogens is 274 g/mol. The Hall–Kier alpha value is -1.72. The number of phenols is 1. The van der Waals surface area contributed by atoms with Crippen LogP contribution in [0.3, 0.4) is 0 Å². The molecule has 94 valence electrons. The first-order valence-corrected chi connectivity index (χ1v) is 6.91. The van der Waals surface area contributed by atoms with Crippen molar-refractivity contribution in [1.29, 1.82) is 0 Å². The smallest absolute Gasteiger partial charge is 0.262 e. The molecule has 0 saturated heterocycles. The number of anilines is 1. The van der Waals surface area contributed by atoms with E-state index >= 15 is 0 Å². The number of benzene rings is 2. The van der Waals surface area contributed by atoms with Gasteiger partial charge in [-0.25, -0.2) is 8.42 Å². The lowest BCUT2D eigenvalue weighted by molar-refractivity contribution is 0.477. The third-order valence-corrected chi connectivity index (χ3v) is 3.87. The first-order valence-electron chi connectivity index (χ1n) is 5.05. The molecule has 0 heterocycles. The molecule has 0 saturated carbocycles. The van der Waals surface area contributed by atoms with Crippen LogP contribution < -0.4 is 4.72 Å². The van der Waals surface area contributed by atoms with Crippen LogP contribution in [0.25, 0.3) is 0 Å². The second kappa shape index (κ2) is 4.88. The first-order chi connectivity index (χ1) is 8.49. The lowest BCUT2D eigenvalue weighted by Crippen LogP contribution is -2.12. The number of aromatic hydroxyl groups is 1. The summed E-state index contributed by atoms with van der Waals surface area (Å²) in [5.74, 6) is -0.182. The van der Waals surface area contributed by atoms with E-state index in [0.717, 1.165) is 0 Å². The molecule has 4 nitrogen and oxygen atoms in total. The maximum Gasteiger partial charge on any atom is 0.262 e. The fourth-order valence-corrected chi connectivity index (χ4v) is 2.65. The maximum atomic E-state index is 12.0. The zero-order valence-electron chi connectivity index (χ0n) is 9.17. The van der Waals surface area contributed by atoms with Crippen molar-refractivity contribution >= 4 is 27.3 Å². The zero-order chi connectivity index (χ0) is 13.2. The Bertz CT molecular complexity index is 656. The van der Waals surface area contributed by atoms with Gasteiger partial charge < -0.3 is 5.11 Å². The number of hydrogen-bond donors (Lipinski definition) is 2. The summed E-state index contributed by atoms with van der Waals surface area (Å²) in [6, 6.07) is 12.0. The van der Waals surface area contributed by atoms with Crippen LogP contribution in [0.1, 0.15) is 0 Å². The number of nitrogens with one attached hydrogen (secondary N) is 1. The lowest BCUT2D eigenvalue weighted by atomic mass is 10.3. The van der Waals surface area contributed by atoms with E-state index in [9.17, 15) is 13.5 Å². The van der Waals surface area contributed by atoms with Crippen molar-refractivity contribution in [3.8, 4) is 5.75 Å². The Labute approximate surface area is 110 Å². The number of halogens is 1. The average Bonchev–Trinajstić information content (AvgIpc) is 2.35. The predicted molar refractivity (Wildman–Crippen MR) is 70.4 cm³/mol. The van der Waals surface area contributed by atoms with E-state index in [1.165, 1.54) is 30.3 Å². The van der Waals surface area contributed by atoms with Crippen LogP contribution in [0.4, 0.5) is 5.69 Å². The molecule has 0 fully saturated rings. The summed E-state index contributed by atoms with van der Waals surface area (Å²) in [5.41, 5.74) is 0.0475. The molecule has 18 heavy (non-hydrogen) atoms. The van der Waals surface area contributed by atoms with E-state index in [1.54, 1.807) is 18.2 Å². The summed E-state index contributed by atoms with van der Waals surface area (Å²) in [7, 11) is -3.72. The Morgan fingerprint density at radius 1 is 1.06 bits per heavy atom. The minimum Gasteiger partial charge on any atom is -0.506 e. The van der Waals surface area contributed by atoms with E-state index in [-0.39, 0.29) is 16.3 Å². The van der Waals surface area contributed by atoms with Crippen LogP contribution in [0, 0.1) is 0 Å². The maximum absolute atomic E-state index is 12.0. The highest BCUT2D eigenvalue weighted by Crippen LogP contribution is 2.28. The Balaban J connectivity index is 2.37. The molecule has 0 amide bonds. The van der Waals surface area contributed by atoms with E-state index in [0.29, 0.717) is 5.02 Å². The Morgan fingerprint density at radius 2 is 1.72 bits per heavy atom. The van der Waals surface area contributed by atoms with Crippen LogP contribution in [0.5, 0.6) is 5.75 Å². The van der Waals surface area contributed by atoms with E-state index in [1.807, 2.05) is 0 Å². The molecule has 2 N–H and O–H groups in total. The first kappa shape index (κ1) is 12.7. The SMILES string of the molecule is O=S(=O)(Nc1cc(Cl)ccc1O)c1ccccc1. The highest BCUT2D eigenvalue weighted by molar-refractivity contribution is 7.92. The van der Waals surface area contributed by atoms with Crippen LogP contribution >= 0.6 is 11.6 Å². The fourth-order valence-electron chi connectivity index (χ4n) is 1.39. The van der Waals surface area contributed by atoms with Gasteiger partial charge in [-0.05, 0) is 30.3 Å². The molecule has 0 unspecified atom stereocenters.